The molecule has 2 aliphatic heterocycles. The van der Waals surface area contributed by atoms with Crippen LogP contribution in [0, 0.1) is 5.82 Å². The molecular formula is C22H37FIN5. The lowest BCUT2D eigenvalue weighted by Crippen LogP contribution is -2.62. The van der Waals surface area contributed by atoms with E-state index in [1.807, 2.05) is 0 Å². The molecule has 2 fully saturated rings. The molecule has 2 saturated heterocycles. The Morgan fingerprint density at radius 1 is 1.03 bits per heavy atom. The van der Waals surface area contributed by atoms with Gasteiger partial charge in [-0.15, -0.1) is 24.0 Å². The normalized spacial score (nSPS) is 20.7. The molecule has 0 aliphatic carbocycles. The maximum absolute atomic E-state index is 13.1. The third-order valence-corrected chi connectivity index (χ3v) is 6.21. The molecule has 164 valence electrons. The largest absolute Gasteiger partial charge is 0.357 e. The Balaban J connectivity index is 0.00000300. The highest BCUT2D eigenvalue weighted by Crippen LogP contribution is 2.30. The van der Waals surface area contributed by atoms with Crippen LogP contribution in [0.3, 0.4) is 0 Å². The molecule has 2 heterocycles. The minimum absolute atomic E-state index is 0. The molecule has 0 radical (unpaired) electrons. The minimum Gasteiger partial charge on any atom is -0.357 e. The van der Waals surface area contributed by atoms with Crippen molar-refractivity contribution in [3.05, 3.63) is 35.6 Å². The summed E-state index contributed by atoms with van der Waals surface area (Å²) in [4.78, 5) is 9.91. The van der Waals surface area contributed by atoms with Crippen molar-refractivity contribution in [1.29, 1.82) is 0 Å². The van der Waals surface area contributed by atoms with Crippen LogP contribution in [0.4, 0.5) is 4.39 Å². The van der Waals surface area contributed by atoms with Gasteiger partial charge < -0.3 is 15.5 Å². The van der Waals surface area contributed by atoms with Crippen molar-refractivity contribution >= 4 is 29.9 Å². The van der Waals surface area contributed by atoms with Gasteiger partial charge >= 0.3 is 0 Å². The maximum atomic E-state index is 13.1. The monoisotopic (exact) mass is 517 g/mol. The summed E-state index contributed by atoms with van der Waals surface area (Å²) >= 11 is 0. The molecule has 0 saturated carbocycles. The molecule has 29 heavy (non-hydrogen) atoms. The molecule has 3 rings (SSSR count). The number of nitrogens with zero attached hydrogens (tertiary/aromatic N) is 3. The van der Waals surface area contributed by atoms with E-state index >= 15 is 0 Å². The molecule has 1 aromatic carbocycles. The van der Waals surface area contributed by atoms with Gasteiger partial charge in [-0.2, -0.15) is 0 Å². The van der Waals surface area contributed by atoms with Gasteiger partial charge in [0.2, 0.25) is 0 Å². The minimum atomic E-state index is -0.205. The van der Waals surface area contributed by atoms with Gasteiger partial charge in [-0.25, -0.2) is 9.38 Å². The Kier molecular flexibility index (Phi) is 10.1. The second-order valence-corrected chi connectivity index (χ2v) is 8.25. The van der Waals surface area contributed by atoms with Gasteiger partial charge in [-0.05, 0) is 83.5 Å². The van der Waals surface area contributed by atoms with E-state index in [0.29, 0.717) is 6.54 Å². The van der Waals surface area contributed by atoms with Gasteiger partial charge in [0, 0.05) is 18.6 Å². The lowest BCUT2D eigenvalue weighted by molar-refractivity contribution is 0.0173. The Morgan fingerprint density at radius 3 is 2.31 bits per heavy atom. The zero-order chi connectivity index (χ0) is 19.8. The van der Waals surface area contributed by atoms with E-state index < -0.39 is 0 Å². The summed E-state index contributed by atoms with van der Waals surface area (Å²) in [6.07, 6.45) is 6.40. The molecule has 0 unspecified atom stereocenters. The number of nitrogens with one attached hydrogen (secondary N) is 2. The highest BCUT2D eigenvalue weighted by molar-refractivity contribution is 14.0. The summed E-state index contributed by atoms with van der Waals surface area (Å²) in [5, 5.41) is 7.00. The molecule has 0 spiro atoms. The standard InChI is InChI=1S/C22H36FN5.HI/c1-3-24-21(25-17-19-7-9-20(23)10-8-19)26-18-22(11-15-27(2)16-12-22)28-13-5-4-6-14-28;/h7-10H,3-6,11-18H2,1-2H3,(H2,24,25,26);1H. The van der Waals surface area contributed by atoms with E-state index in [-0.39, 0.29) is 35.3 Å². The average Bonchev–Trinajstić information content (AvgIpc) is 2.73. The van der Waals surface area contributed by atoms with Crippen molar-refractivity contribution < 1.29 is 4.39 Å². The van der Waals surface area contributed by atoms with Crippen LogP contribution in [0.15, 0.2) is 29.3 Å². The van der Waals surface area contributed by atoms with Crippen molar-refractivity contribution in [2.24, 2.45) is 4.99 Å². The summed E-state index contributed by atoms with van der Waals surface area (Å²) < 4.78 is 13.1. The van der Waals surface area contributed by atoms with Crippen molar-refractivity contribution in [3.8, 4) is 0 Å². The van der Waals surface area contributed by atoms with Gasteiger partial charge in [-0.1, -0.05) is 18.6 Å². The third-order valence-electron chi connectivity index (χ3n) is 6.21. The second kappa shape index (κ2) is 12.1. The first kappa shape index (κ1) is 24.3. The number of aliphatic imine (C=N–C) groups is 1. The van der Waals surface area contributed by atoms with Gasteiger partial charge in [0.1, 0.15) is 5.82 Å². The van der Waals surface area contributed by atoms with Crippen molar-refractivity contribution in [2.45, 2.75) is 51.1 Å². The first-order chi connectivity index (χ1) is 13.6. The first-order valence-corrected chi connectivity index (χ1v) is 10.8. The molecule has 0 amide bonds. The Morgan fingerprint density at radius 2 is 1.69 bits per heavy atom. The third kappa shape index (κ3) is 7.07. The molecule has 0 atom stereocenters. The number of hydrogen-bond donors (Lipinski definition) is 2. The number of halogens is 2. The molecule has 0 bridgehead atoms. The zero-order valence-electron chi connectivity index (χ0n) is 17.9. The van der Waals surface area contributed by atoms with Crippen LogP contribution < -0.4 is 10.6 Å². The fourth-order valence-electron chi connectivity index (χ4n) is 4.36. The SMILES string of the molecule is CCNC(=NCc1ccc(F)cc1)NCC1(N2CCCCC2)CCN(C)CC1.I. The topological polar surface area (TPSA) is 42.9 Å². The number of guanidine groups is 1. The van der Waals surface area contributed by atoms with E-state index in [0.717, 1.165) is 37.7 Å². The summed E-state index contributed by atoms with van der Waals surface area (Å²) in [7, 11) is 2.22. The van der Waals surface area contributed by atoms with Crippen LogP contribution in [0.2, 0.25) is 0 Å². The highest BCUT2D eigenvalue weighted by Gasteiger charge is 2.39. The van der Waals surface area contributed by atoms with Crippen LogP contribution in [0.1, 0.15) is 44.6 Å². The van der Waals surface area contributed by atoms with E-state index in [9.17, 15) is 4.39 Å². The van der Waals surface area contributed by atoms with Crippen LogP contribution in [-0.4, -0.2) is 67.6 Å². The number of hydrogen-bond acceptors (Lipinski definition) is 3. The quantitative estimate of drug-likeness (QED) is 0.345. The molecule has 7 heteroatoms. The number of piperidine rings is 2. The molecule has 2 aliphatic rings. The fraction of sp³-hybridized carbons (Fsp3) is 0.682. The number of rotatable bonds is 6. The van der Waals surface area contributed by atoms with E-state index in [1.165, 1.54) is 57.3 Å². The Bertz CT molecular complexity index is 623. The lowest BCUT2D eigenvalue weighted by atomic mass is 9.84. The molecular weight excluding hydrogens is 480 g/mol. The van der Waals surface area contributed by atoms with E-state index in [1.54, 1.807) is 12.1 Å². The van der Waals surface area contributed by atoms with Gasteiger partial charge in [0.15, 0.2) is 5.96 Å². The summed E-state index contributed by atoms with van der Waals surface area (Å²) in [5.41, 5.74) is 1.24. The Labute approximate surface area is 192 Å². The Hall–Kier alpha value is -0.930. The zero-order valence-corrected chi connectivity index (χ0v) is 20.3. The lowest BCUT2D eigenvalue weighted by Gasteiger charge is -2.50. The van der Waals surface area contributed by atoms with Crippen molar-refractivity contribution in [1.82, 2.24) is 20.4 Å². The first-order valence-electron chi connectivity index (χ1n) is 10.8. The van der Waals surface area contributed by atoms with Gasteiger partial charge in [0.05, 0.1) is 6.54 Å². The van der Waals surface area contributed by atoms with Gasteiger partial charge in [-0.3, -0.25) is 4.90 Å². The van der Waals surface area contributed by atoms with Crippen LogP contribution in [0.25, 0.3) is 0 Å². The predicted octanol–water partition coefficient (Wildman–Crippen LogP) is 3.45. The molecule has 0 aromatic heterocycles. The number of likely N-dealkylation sites (tertiary alicyclic amines) is 2. The van der Waals surface area contributed by atoms with Gasteiger partial charge in [0.25, 0.3) is 0 Å². The fourth-order valence-corrected chi connectivity index (χ4v) is 4.36. The van der Waals surface area contributed by atoms with Crippen LogP contribution in [0.5, 0.6) is 0 Å². The molecule has 1 aromatic rings. The van der Waals surface area contributed by atoms with Crippen molar-refractivity contribution in [2.75, 3.05) is 46.3 Å². The summed E-state index contributed by atoms with van der Waals surface area (Å²) in [6.45, 7) is 9.14. The highest BCUT2D eigenvalue weighted by atomic mass is 127. The summed E-state index contributed by atoms with van der Waals surface area (Å²) in [6, 6.07) is 6.59. The second-order valence-electron chi connectivity index (χ2n) is 8.25. The molecule has 5 nitrogen and oxygen atoms in total. The van der Waals surface area contributed by atoms with Crippen molar-refractivity contribution in [3.63, 3.8) is 0 Å². The number of benzene rings is 1. The van der Waals surface area contributed by atoms with Crippen LogP contribution >= 0.6 is 24.0 Å². The smallest absolute Gasteiger partial charge is 0.191 e. The molecule has 2 N–H and O–H groups in total. The van der Waals surface area contributed by atoms with Crippen LogP contribution in [-0.2, 0) is 6.54 Å². The summed E-state index contributed by atoms with van der Waals surface area (Å²) in [5.74, 6) is 0.644. The predicted molar refractivity (Wildman–Crippen MR) is 130 cm³/mol. The van der Waals surface area contributed by atoms with E-state index in [2.05, 4.69) is 34.4 Å². The van der Waals surface area contributed by atoms with E-state index in [4.69, 9.17) is 4.99 Å². The average molecular weight is 517 g/mol. The maximum Gasteiger partial charge on any atom is 0.191 e.